The fraction of sp³-hybridized carbons (Fsp3) is 0.412. The molecule has 2 rings (SSSR count). The fourth-order valence-corrected chi connectivity index (χ4v) is 2.08. The summed E-state index contributed by atoms with van der Waals surface area (Å²) >= 11 is 0. The smallest absolute Gasteiger partial charge is 0.0541 e. The van der Waals surface area contributed by atoms with Crippen LogP contribution in [0.4, 0.5) is 0 Å². The summed E-state index contributed by atoms with van der Waals surface area (Å²) in [6.07, 6.45) is 4.77. The first-order valence-electron chi connectivity index (χ1n) is 7.87. The van der Waals surface area contributed by atoms with E-state index in [0.717, 1.165) is 57.1 Å². The summed E-state index contributed by atoms with van der Waals surface area (Å²) in [4.78, 5) is 8.56. The van der Waals surface area contributed by atoms with E-state index < -0.39 is 0 Å². The molecule has 3 N–H and O–H groups in total. The molecule has 0 fully saturated rings. The topological polar surface area (TPSA) is 61.9 Å². The van der Waals surface area contributed by atoms with Crippen molar-refractivity contribution in [1.82, 2.24) is 25.9 Å². The normalized spacial score (nSPS) is 10.3. The van der Waals surface area contributed by atoms with Crippen LogP contribution < -0.4 is 16.0 Å². The van der Waals surface area contributed by atoms with Gasteiger partial charge in [-0.05, 0) is 43.8 Å². The van der Waals surface area contributed by atoms with Crippen LogP contribution in [0.2, 0.25) is 0 Å². The van der Waals surface area contributed by atoms with Crippen molar-refractivity contribution in [1.29, 1.82) is 0 Å². The van der Waals surface area contributed by atoms with Gasteiger partial charge in [-0.15, -0.1) is 0 Å². The second-order valence-corrected chi connectivity index (χ2v) is 5.10. The molecule has 2 heterocycles. The van der Waals surface area contributed by atoms with Crippen LogP contribution in [0.25, 0.3) is 0 Å². The number of hydrogen-bond acceptors (Lipinski definition) is 5. The average Bonchev–Trinajstić information content (AvgIpc) is 2.58. The Balaban J connectivity index is 0.00000264. The molecule has 0 aliphatic carbocycles. The predicted octanol–water partition coefficient (Wildman–Crippen LogP) is 1.33. The van der Waals surface area contributed by atoms with Crippen LogP contribution in [0.1, 0.15) is 17.8 Å². The number of rotatable bonds is 11. The third kappa shape index (κ3) is 9.42. The van der Waals surface area contributed by atoms with Gasteiger partial charge < -0.3 is 16.0 Å². The SMILES string of the molecule is [Co].c1ccc(CNCCCNCCNCc2ccccn2)nc1. The summed E-state index contributed by atoms with van der Waals surface area (Å²) in [5.74, 6) is 0. The van der Waals surface area contributed by atoms with Crippen molar-refractivity contribution in [2.24, 2.45) is 0 Å². The van der Waals surface area contributed by atoms with Gasteiger partial charge in [-0.1, -0.05) is 12.1 Å². The second kappa shape index (κ2) is 13.2. The second-order valence-electron chi connectivity index (χ2n) is 5.10. The summed E-state index contributed by atoms with van der Waals surface area (Å²) in [6, 6.07) is 12.0. The molecule has 5 nitrogen and oxygen atoms in total. The summed E-state index contributed by atoms with van der Waals surface area (Å²) < 4.78 is 0. The van der Waals surface area contributed by atoms with E-state index in [1.54, 1.807) is 0 Å². The minimum Gasteiger partial charge on any atom is -0.315 e. The molecule has 0 aromatic carbocycles. The molecule has 0 aliphatic rings. The Morgan fingerprint density at radius 3 is 1.74 bits per heavy atom. The predicted molar refractivity (Wildman–Crippen MR) is 89.4 cm³/mol. The third-order valence-corrected chi connectivity index (χ3v) is 3.25. The van der Waals surface area contributed by atoms with Gasteiger partial charge in [-0.2, -0.15) is 0 Å². The van der Waals surface area contributed by atoms with E-state index >= 15 is 0 Å². The maximum atomic E-state index is 4.28. The molecule has 0 saturated heterocycles. The Labute approximate surface area is 148 Å². The minimum absolute atomic E-state index is 0. The molecule has 0 spiro atoms. The zero-order valence-electron chi connectivity index (χ0n) is 13.3. The third-order valence-electron chi connectivity index (χ3n) is 3.25. The molecule has 0 amide bonds. The van der Waals surface area contributed by atoms with Gasteiger partial charge in [0.05, 0.1) is 11.4 Å². The molecule has 0 atom stereocenters. The number of aromatic nitrogens is 2. The first-order valence-corrected chi connectivity index (χ1v) is 7.87. The zero-order chi connectivity index (χ0) is 15.3. The van der Waals surface area contributed by atoms with Crippen LogP contribution in [-0.4, -0.2) is 36.1 Å². The summed E-state index contributed by atoms with van der Waals surface area (Å²) in [5.41, 5.74) is 2.18. The van der Waals surface area contributed by atoms with Gasteiger partial charge in [-0.25, -0.2) is 0 Å². The molecule has 2 aromatic rings. The Morgan fingerprint density at radius 2 is 1.17 bits per heavy atom. The van der Waals surface area contributed by atoms with E-state index in [9.17, 15) is 0 Å². The fourth-order valence-electron chi connectivity index (χ4n) is 2.08. The summed E-state index contributed by atoms with van der Waals surface area (Å²) in [7, 11) is 0. The van der Waals surface area contributed by atoms with Gasteiger partial charge in [0.1, 0.15) is 0 Å². The molecule has 1 radical (unpaired) electrons. The van der Waals surface area contributed by atoms with Crippen molar-refractivity contribution in [3.8, 4) is 0 Å². The monoisotopic (exact) mass is 358 g/mol. The molecule has 0 bridgehead atoms. The summed E-state index contributed by atoms with van der Waals surface area (Å²) in [5, 5.41) is 10.2. The van der Waals surface area contributed by atoms with Gasteiger partial charge in [0, 0.05) is 55.4 Å². The van der Waals surface area contributed by atoms with E-state index in [2.05, 4.69) is 25.9 Å². The largest absolute Gasteiger partial charge is 0.315 e. The standard InChI is InChI=1S/C17H25N5.Co/c1-3-10-21-16(6-1)14-19-9-5-8-18-12-13-20-15-17-7-2-4-11-22-17;/h1-4,6-7,10-11,18-20H,5,8-9,12-15H2;. The maximum Gasteiger partial charge on any atom is 0.0541 e. The Bertz CT molecular complexity index is 447. The quantitative estimate of drug-likeness (QED) is 0.529. The molecule has 2 aromatic heterocycles. The van der Waals surface area contributed by atoms with E-state index in [1.807, 2.05) is 48.8 Å². The van der Waals surface area contributed by atoms with Crippen LogP contribution in [-0.2, 0) is 29.9 Å². The Morgan fingerprint density at radius 1 is 0.652 bits per heavy atom. The zero-order valence-corrected chi connectivity index (χ0v) is 14.3. The molecule has 0 unspecified atom stereocenters. The van der Waals surface area contributed by atoms with Crippen molar-refractivity contribution in [2.45, 2.75) is 19.5 Å². The van der Waals surface area contributed by atoms with Crippen molar-refractivity contribution in [3.05, 3.63) is 60.2 Å². The van der Waals surface area contributed by atoms with Gasteiger partial charge in [0.15, 0.2) is 0 Å². The van der Waals surface area contributed by atoms with Gasteiger partial charge in [-0.3, -0.25) is 9.97 Å². The number of nitrogens with one attached hydrogen (secondary N) is 3. The molecule has 23 heavy (non-hydrogen) atoms. The number of hydrogen-bond donors (Lipinski definition) is 3. The first-order chi connectivity index (χ1) is 10.9. The van der Waals surface area contributed by atoms with Gasteiger partial charge >= 0.3 is 0 Å². The van der Waals surface area contributed by atoms with Crippen molar-refractivity contribution in [3.63, 3.8) is 0 Å². The Hall–Kier alpha value is -1.31. The molecular formula is C17H25CoN5. The Kier molecular flexibility index (Phi) is 11.3. The molecule has 127 valence electrons. The van der Waals surface area contributed by atoms with Crippen molar-refractivity contribution < 1.29 is 16.8 Å². The van der Waals surface area contributed by atoms with Crippen LogP contribution in [0.15, 0.2) is 48.8 Å². The van der Waals surface area contributed by atoms with E-state index in [1.165, 1.54) is 0 Å². The number of pyridine rings is 2. The van der Waals surface area contributed by atoms with Crippen LogP contribution in [0, 0.1) is 0 Å². The van der Waals surface area contributed by atoms with E-state index in [0.29, 0.717) is 0 Å². The van der Waals surface area contributed by atoms with Crippen LogP contribution in [0.5, 0.6) is 0 Å². The molecular weight excluding hydrogens is 333 g/mol. The van der Waals surface area contributed by atoms with Gasteiger partial charge in [0.2, 0.25) is 0 Å². The maximum absolute atomic E-state index is 4.28. The molecule has 0 saturated carbocycles. The molecule has 0 aliphatic heterocycles. The average molecular weight is 358 g/mol. The number of nitrogens with zero attached hydrogens (tertiary/aromatic N) is 2. The summed E-state index contributed by atoms with van der Waals surface area (Å²) in [6.45, 7) is 5.64. The first kappa shape index (κ1) is 19.7. The van der Waals surface area contributed by atoms with Crippen LogP contribution >= 0.6 is 0 Å². The van der Waals surface area contributed by atoms with Crippen molar-refractivity contribution >= 4 is 0 Å². The van der Waals surface area contributed by atoms with Crippen molar-refractivity contribution in [2.75, 3.05) is 26.2 Å². The minimum atomic E-state index is 0. The van der Waals surface area contributed by atoms with E-state index in [-0.39, 0.29) is 16.8 Å². The van der Waals surface area contributed by atoms with Crippen LogP contribution in [0.3, 0.4) is 0 Å². The van der Waals surface area contributed by atoms with E-state index in [4.69, 9.17) is 0 Å². The molecule has 6 heteroatoms. The van der Waals surface area contributed by atoms with Gasteiger partial charge in [0.25, 0.3) is 0 Å².